The topological polar surface area (TPSA) is 66.6 Å². The second-order valence-corrected chi connectivity index (χ2v) is 6.63. The quantitative estimate of drug-likeness (QED) is 0.390. The lowest BCUT2D eigenvalue weighted by Crippen LogP contribution is -2.18. The van der Waals surface area contributed by atoms with Crippen LogP contribution in [-0.4, -0.2) is 21.8 Å². The lowest BCUT2D eigenvalue weighted by molar-refractivity contribution is 0.0952. The van der Waals surface area contributed by atoms with E-state index in [9.17, 15) is 9.90 Å². The molecule has 0 aliphatic rings. The maximum absolute atomic E-state index is 12.4. The molecule has 0 atom stereocenters. The molecule has 0 spiro atoms. The molecule has 4 rings (SSSR count). The molecular weight excluding hydrogens is 374 g/mol. The Bertz CT molecular complexity index is 1180. The van der Waals surface area contributed by atoms with Crippen molar-refractivity contribution >= 4 is 34.5 Å². The van der Waals surface area contributed by atoms with Crippen LogP contribution in [-0.2, 0) is 0 Å². The molecule has 2 N–H and O–H groups in total. The van der Waals surface area contributed by atoms with Gasteiger partial charge in [-0.1, -0.05) is 35.9 Å². The zero-order valence-electron chi connectivity index (χ0n) is 14.7. The third kappa shape index (κ3) is 3.61. The van der Waals surface area contributed by atoms with Gasteiger partial charge in [-0.3, -0.25) is 4.79 Å². The van der Waals surface area contributed by atoms with Crippen LogP contribution in [0.1, 0.15) is 16.1 Å². The number of hydrogen-bond donors (Lipinski definition) is 2. The number of aromatic hydroxyl groups is 1. The highest BCUT2D eigenvalue weighted by molar-refractivity contribution is 6.30. The summed E-state index contributed by atoms with van der Waals surface area (Å²) in [5.74, 6) is -0.569. The van der Waals surface area contributed by atoms with Gasteiger partial charge in [-0.2, -0.15) is 5.10 Å². The van der Waals surface area contributed by atoms with E-state index in [0.29, 0.717) is 5.02 Å². The van der Waals surface area contributed by atoms with E-state index in [4.69, 9.17) is 11.6 Å². The Kier molecular flexibility index (Phi) is 4.83. The van der Waals surface area contributed by atoms with Crippen molar-refractivity contribution in [1.82, 2.24) is 9.99 Å². The van der Waals surface area contributed by atoms with Crippen molar-refractivity contribution in [1.29, 1.82) is 0 Å². The summed E-state index contributed by atoms with van der Waals surface area (Å²) >= 11 is 5.94. The molecule has 0 fully saturated rings. The summed E-state index contributed by atoms with van der Waals surface area (Å²) in [5, 5.41) is 16.6. The normalized spacial score (nSPS) is 11.2. The van der Waals surface area contributed by atoms with Gasteiger partial charge >= 0.3 is 0 Å². The van der Waals surface area contributed by atoms with Crippen molar-refractivity contribution in [3.63, 3.8) is 0 Å². The molecule has 0 saturated heterocycles. The number of benzene rings is 3. The highest BCUT2D eigenvalue weighted by Crippen LogP contribution is 2.24. The smallest absolute Gasteiger partial charge is 0.275 e. The van der Waals surface area contributed by atoms with Crippen LogP contribution in [0.4, 0.5) is 0 Å². The van der Waals surface area contributed by atoms with Gasteiger partial charge in [-0.05, 0) is 59.3 Å². The maximum Gasteiger partial charge on any atom is 0.275 e. The summed E-state index contributed by atoms with van der Waals surface area (Å²) in [6.45, 7) is 0. The number of aromatic nitrogens is 1. The standard InChI is InChI=1S/C22H16ClN3O2/c23-17-7-9-18(10-8-17)26-11-3-6-19(26)14-24-25-22(28)20-12-15-4-1-2-5-16(15)13-21(20)27/h1-14,27H,(H,25,28). The highest BCUT2D eigenvalue weighted by Gasteiger charge is 2.12. The number of nitrogens with one attached hydrogen (secondary N) is 1. The predicted molar refractivity (Wildman–Crippen MR) is 111 cm³/mol. The number of hydrazone groups is 1. The molecule has 0 unspecified atom stereocenters. The van der Waals surface area contributed by atoms with Gasteiger partial charge in [0, 0.05) is 16.9 Å². The second-order valence-electron chi connectivity index (χ2n) is 6.20. The molecule has 138 valence electrons. The van der Waals surface area contributed by atoms with Gasteiger partial charge in [0.25, 0.3) is 5.91 Å². The first-order valence-corrected chi connectivity index (χ1v) is 8.98. The first-order chi connectivity index (χ1) is 13.6. The van der Waals surface area contributed by atoms with Crippen molar-refractivity contribution in [2.24, 2.45) is 5.10 Å². The van der Waals surface area contributed by atoms with Gasteiger partial charge in [-0.25, -0.2) is 5.43 Å². The van der Waals surface area contributed by atoms with Crippen molar-refractivity contribution < 1.29 is 9.90 Å². The Morgan fingerprint density at radius 3 is 2.46 bits per heavy atom. The lowest BCUT2D eigenvalue weighted by Gasteiger charge is -2.07. The average Bonchev–Trinajstić information content (AvgIpc) is 3.16. The van der Waals surface area contributed by atoms with E-state index in [1.165, 1.54) is 0 Å². The van der Waals surface area contributed by atoms with Gasteiger partial charge in [0.05, 0.1) is 17.5 Å². The Morgan fingerprint density at radius 1 is 1.00 bits per heavy atom. The van der Waals surface area contributed by atoms with Crippen molar-refractivity contribution in [2.75, 3.05) is 0 Å². The van der Waals surface area contributed by atoms with Crippen LogP contribution < -0.4 is 5.43 Å². The minimum Gasteiger partial charge on any atom is -0.507 e. The van der Waals surface area contributed by atoms with E-state index in [1.807, 2.05) is 71.4 Å². The fraction of sp³-hybridized carbons (Fsp3) is 0. The summed E-state index contributed by atoms with van der Waals surface area (Å²) in [6.07, 6.45) is 3.44. The lowest BCUT2D eigenvalue weighted by atomic mass is 10.1. The molecular formula is C22H16ClN3O2. The minimum absolute atomic E-state index is 0.0871. The average molecular weight is 390 g/mol. The van der Waals surface area contributed by atoms with Crippen LogP contribution in [0.15, 0.2) is 84.1 Å². The second kappa shape index (κ2) is 7.58. The van der Waals surface area contributed by atoms with Crippen LogP contribution in [0.25, 0.3) is 16.5 Å². The van der Waals surface area contributed by atoms with Gasteiger partial charge < -0.3 is 9.67 Å². The van der Waals surface area contributed by atoms with Crippen molar-refractivity contribution in [2.45, 2.75) is 0 Å². The third-order valence-corrected chi connectivity index (χ3v) is 4.61. The van der Waals surface area contributed by atoms with Gasteiger partial charge in [0.1, 0.15) is 5.75 Å². The molecule has 0 saturated carbocycles. The van der Waals surface area contributed by atoms with Crippen LogP contribution in [0.3, 0.4) is 0 Å². The summed E-state index contributed by atoms with van der Waals surface area (Å²) < 4.78 is 1.92. The van der Waals surface area contributed by atoms with Crippen LogP contribution in [0.2, 0.25) is 5.02 Å². The Balaban J connectivity index is 1.53. The fourth-order valence-corrected chi connectivity index (χ4v) is 3.09. The van der Waals surface area contributed by atoms with Crippen molar-refractivity contribution in [3.05, 3.63) is 95.3 Å². The molecule has 0 aliphatic heterocycles. The van der Waals surface area contributed by atoms with E-state index in [1.54, 1.807) is 18.3 Å². The third-order valence-electron chi connectivity index (χ3n) is 4.36. The zero-order valence-corrected chi connectivity index (χ0v) is 15.5. The maximum atomic E-state index is 12.4. The minimum atomic E-state index is -0.482. The first kappa shape index (κ1) is 17.8. The molecule has 1 aromatic heterocycles. The number of phenols is 1. The molecule has 0 aliphatic carbocycles. The molecule has 0 radical (unpaired) electrons. The number of hydrogen-bond acceptors (Lipinski definition) is 3. The van der Waals surface area contributed by atoms with Gasteiger partial charge in [-0.15, -0.1) is 0 Å². The van der Waals surface area contributed by atoms with Crippen molar-refractivity contribution in [3.8, 4) is 11.4 Å². The van der Waals surface area contributed by atoms with E-state index in [2.05, 4.69) is 10.5 Å². The number of amides is 1. The summed E-state index contributed by atoms with van der Waals surface area (Å²) in [5.41, 5.74) is 4.34. The SMILES string of the molecule is O=C(NN=Cc1cccn1-c1ccc(Cl)cc1)c1cc2ccccc2cc1O. The Hall–Kier alpha value is -3.57. The van der Waals surface area contributed by atoms with E-state index >= 15 is 0 Å². The number of carbonyl (C=O) groups excluding carboxylic acids is 1. The number of carbonyl (C=O) groups is 1. The zero-order chi connectivity index (χ0) is 19.5. The molecule has 6 heteroatoms. The summed E-state index contributed by atoms with van der Waals surface area (Å²) in [7, 11) is 0. The van der Waals surface area contributed by atoms with Crippen LogP contribution in [0, 0.1) is 0 Å². The van der Waals surface area contributed by atoms with Crippen LogP contribution in [0.5, 0.6) is 5.75 Å². The van der Waals surface area contributed by atoms with E-state index < -0.39 is 5.91 Å². The molecule has 28 heavy (non-hydrogen) atoms. The Labute approximate surface area is 166 Å². The largest absolute Gasteiger partial charge is 0.507 e. The molecule has 3 aromatic carbocycles. The van der Waals surface area contributed by atoms with Crippen LogP contribution >= 0.6 is 11.6 Å². The predicted octanol–water partition coefficient (Wildman–Crippen LogP) is 4.75. The summed E-state index contributed by atoms with van der Waals surface area (Å²) in [6, 6.07) is 21.9. The first-order valence-electron chi connectivity index (χ1n) is 8.60. The summed E-state index contributed by atoms with van der Waals surface area (Å²) in [4.78, 5) is 12.4. The number of halogens is 1. The number of rotatable bonds is 4. The molecule has 1 amide bonds. The number of nitrogens with zero attached hydrogens (tertiary/aromatic N) is 2. The van der Waals surface area contributed by atoms with Gasteiger partial charge in [0.2, 0.25) is 0 Å². The number of fused-ring (bicyclic) bond motifs is 1. The molecule has 0 bridgehead atoms. The molecule has 5 nitrogen and oxygen atoms in total. The molecule has 1 heterocycles. The number of phenolic OH excluding ortho intramolecular Hbond substituents is 1. The van der Waals surface area contributed by atoms with E-state index in [-0.39, 0.29) is 11.3 Å². The van der Waals surface area contributed by atoms with E-state index in [0.717, 1.165) is 22.2 Å². The van der Waals surface area contributed by atoms with Gasteiger partial charge in [0.15, 0.2) is 0 Å². The molecule has 4 aromatic rings. The fourth-order valence-electron chi connectivity index (χ4n) is 2.96. The Morgan fingerprint density at radius 2 is 1.71 bits per heavy atom. The highest BCUT2D eigenvalue weighted by atomic mass is 35.5. The monoisotopic (exact) mass is 389 g/mol.